The van der Waals surface area contributed by atoms with Crippen LogP contribution in [0.5, 0.6) is 5.75 Å². The number of hydrogen-bond donors (Lipinski definition) is 1. The molecule has 2 rings (SSSR count). The van der Waals surface area contributed by atoms with E-state index in [-0.39, 0.29) is 5.01 Å². The zero-order valence-electron chi connectivity index (χ0n) is 7.35. The number of nitrogens with zero attached hydrogens (tertiary/aromatic N) is 1. The van der Waals surface area contributed by atoms with Gasteiger partial charge in [0, 0.05) is 0 Å². The van der Waals surface area contributed by atoms with Crippen LogP contribution in [-0.2, 0) is 0 Å². The van der Waals surface area contributed by atoms with Gasteiger partial charge in [0.15, 0.2) is 0 Å². The molecule has 0 bridgehead atoms. The predicted molar refractivity (Wildman–Crippen MR) is 53.1 cm³/mol. The first-order chi connectivity index (χ1) is 6.70. The second kappa shape index (κ2) is 3.26. The summed E-state index contributed by atoms with van der Waals surface area (Å²) < 4.78 is 5.84. The number of hydrogen-bond acceptors (Lipinski definition) is 4. The number of carbonyl (C=O) groups is 1. The lowest BCUT2D eigenvalue weighted by Gasteiger charge is -1.96. The van der Waals surface area contributed by atoms with Crippen molar-refractivity contribution < 1.29 is 14.6 Å². The van der Waals surface area contributed by atoms with Gasteiger partial charge in [0.25, 0.3) is 0 Å². The Hall–Kier alpha value is -1.62. The van der Waals surface area contributed by atoms with E-state index in [1.54, 1.807) is 25.3 Å². The van der Waals surface area contributed by atoms with E-state index >= 15 is 0 Å². The van der Waals surface area contributed by atoms with E-state index in [9.17, 15) is 4.79 Å². The van der Waals surface area contributed by atoms with Gasteiger partial charge in [-0.3, -0.25) is 0 Å². The molecule has 0 saturated carbocycles. The topological polar surface area (TPSA) is 59.4 Å². The van der Waals surface area contributed by atoms with Crippen molar-refractivity contribution in [3.05, 3.63) is 23.2 Å². The minimum Gasteiger partial charge on any atom is -0.497 e. The Balaban J connectivity index is 2.60. The van der Waals surface area contributed by atoms with Gasteiger partial charge < -0.3 is 9.84 Å². The fraction of sp³-hybridized carbons (Fsp3) is 0.111. The highest BCUT2D eigenvalue weighted by Crippen LogP contribution is 2.25. The molecular weight excluding hydrogens is 202 g/mol. The largest absolute Gasteiger partial charge is 0.497 e. The maximum absolute atomic E-state index is 10.6. The molecule has 2 aromatic rings. The van der Waals surface area contributed by atoms with Crippen LogP contribution >= 0.6 is 11.3 Å². The Morgan fingerprint density at radius 1 is 1.57 bits per heavy atom. The van der Waals surface area contributed by atoms with Crippen LogP contribution < -0.4 is 4.74 Å². The Morgan fingerprint density at radius 2 is 2.36 bits per heavy atom. The van der Waals surface area contributed by atoms with Gasteiger partial charge in [0.2, 0.25) is 5.01 Å². The standard InChI is InChI=1S/C9H7NO3S/c1-13-5-2-3-6-7(4-5)14-8(10-6)9(11)12/h2-4H,1H3,(H,11,12). The van der Waals surface area contributed by atoms with Crippen molar-refractivity contribution in [2.75, 3.05) is 7.11 Å². The molecule has 1 N–H and O–H groups in total. The van der Waals surface area contributed by atoms with Crippen LogP contribution in [0.1, 0.15) is 9.80 Å². The fourth-order valence-electron chi connectivity index (χ4n) is 1.12. The van der Waals surface area contributed by atoms with Crippen molar-refractivity contribution in [2.24, 2.45) is 0 Å². The van der Waals surface area contributed by atoms with E-state index in [4.69, 9.17) is 9.84 Å². The minimum atomic E-state index is -0.995. The van der Waals surface area contributed by atoms with Crippen molar-refractivity contribution in [3.8, 4) is 5.75 Å². The predicted octanol–water partition coefficient (Wildman–Crippen LogP) is 2.00. The molecule has 0 atom stereocenters. The minimum absolute atomic E-state index is 0.105. The lowest BCUT2D eigenvalue weighted by molar-refractivity contribution is 0.0696. The number of rotatable bonds is 2. The van der Waals surface area contributed by atoms with Crippen molar-refractivity contribution in [1.29, 1.82) is 0 Å². The third-order valence-corrected chi connectivity index (χ3v) is 2.78. The SMILES string of the molecule is COc1ccc2nc(C(=O)O)sc2c1. The third kappa shape index (κ3) is 1.42. The molecule has 0 aliphatic heterocycles. The number of aromatic nitrogens is 1. The molecule has 0 fully saturated rings. The van der Waals surface area contributed by atoms with E-state index in [0.29, 0.717) is 11.3 Å². The van der Waals surface area contributed by atoms with E-state index in [2.05, 4.69) is 4.98 Å². The number of benzene rings is 1. The molecule has 72 valence electrons. The van der Waals surface area contributed by atoms with E-state index in [1.165, 1.54) is 0 Å². The van der Waals surface area contributed by atoms with E-state index < -0.39 is 5.97 Å². The van der Waals surface area contributed by atoms with Gasteiger partial charge in [0.1, 0.15) is 5.75 Å². The molecule has 1 heterocycles. The smallest absolute Gasteiger partial charge is 0.365 e. The second-order valence-electron chi connectivity index (χ2n) is 2.66. The average Bonchev–Trinajstić information content (AvgIpc) is 2.59. The number of thiazole rings is 1. The van der Waals surface area contributed by atoms with Gasteiger partial charge >= 0.3 is 5.97 Å². The summed E-state index contributed by atoms with van der Waals surface area (Å²) in [5, 5.41) is 8.83. The number of fused-ring (bicyclic) bond motifs is 1. The van der Waals surface area contributed by atoms with Crippen LogP contribution in [0.2, 0.25) is 0 Å². The maximum atomic E-state index is 10.6. The van der Waals surface area contributed by atoms with Gasteiger partial charge in [-0.1, -0.05) is 0 Å². The Kier molecular flexibility index (Phi) is 2.09. The number of carboxylic acids is 1. The first-order valence-corrected chi connectivity index (χ1v) is 4.70. The van der Waals surface area contributed by atoms with Gasteiger partial charge in [-0.05, 0) is 18.2 Å². The monoisotopic (exact) mass is 209 g/mol. The summed E-state index contributed by atoms with van der Waals surface area (Å²) in [6, 6.07) is 5.28. The molecule has 0 aliphatic rings. The van der Waals surface area contributed by atoms with Gasteiger partial charge in [-0.15, -0.1) is 11.3 Å². The summed E-state index contributed by atoms with van der Waals surface area (Å²) in [5.41, 5.74) is 0.688. The summed E-state index contributed by atoms with van der Waals surface area (Å²) >= 11 is 1.14. The quantitative estimate of drug-likeness (QED) is 0.821. The highest BCUT2D eigenvalue weighted by molar-refractivity contribution is 7.20. The summed E-state index contributed by atoms with van der Waals surface area (Å²) in [6.45, 7) is 0. The molecule has 4 nitrogen and oxygen atoms in total. The van der Waals surface area contributed by atoms with Crippen LogP contribution in [0, 0.1) is 0 Å². The van der Waals surface area contributed by atoms with Crippen LogP contribution in [0.4, 0.5) is 0 Å². The molecule has 1 aromatic carbocycles. The lowest BCUT2D eigenvalue weighted by atomic mass is 10.3. The molecule has 0 aliphatic carbocycles. The molecule has 0 saturated heterocycles. The summed E-state index contributed by atoms with van der Waals surface area (Å²) in [6.07, 6.45) is 0. The number of ether oxygens (including phenoxy) is 1. The van der Waals surface area contributed by atoms with Crippen LogP contribution in [-0.4, -0.2) is 23.2 Å². The summed E-state index contributed by atoms with van der Waals surface area (Å²) in [7, 11) is 1.57. The third-order valence-electron chi connectivity index (χ3n) is 1.78. The zero-order chi connectivity index (χ0) is 10.1. The number of carboxylic acid groups (broad SMARTS) is 1. The number of methoxy groups -OCH3 is 1. The van der Waals surface area contributed by atoms with Crippen LogP contribution in [0.15, 0.2) is 18.2 Å². The molecule has 0 amide bonds. The van der Waals surface area contributed by atoms with Gasteiger partial charge in [0.05, 0.1) is 17.3 Å². The highest BCUT2D eigenvalue weighted by Gasteiger charge is 2.10. The second-order valence-corrected chi connectivity index (χ2v) is 3.69. The van der Waals surface area contributed by atoms with Crippen LogP contribution in [0.3, 0.4) is 0 Å². The Labute approximate surface area is 83.8 Å². The van der Waals surface area contributed by atoms with Crippen molar-refractivity contribution >= 4 is 27.5 Å². The first-order valence-electron chi connectivity index (χ1n) is 3.88. The molecule has 14 heavy (non-hydrogen) atoms. The zero-order valence-corrected chi connectivity index (χ0v) is 8.17. The van der Waals surface area contributed by atoms with Crippen molar-refractivity contribution in [3.63, 3.8) is 0 Å². The normalized spacial score (nSPS) is 10.4. The summed E-state index contributed by atoms with van der Waals surface area (Å²) in [5.74, 6) is -0.289. The molecule has 0 radical (unpaired) electrons. The first kappa shape index (κ1) is 8.96. The highest BCUT2D eigenvalue weighted by atomic mass is 32.1. The average molecular weight is 209 g/mol. The maximum Gasteiger partial charge on any atom is 0.365 e. The molecule has 1 aromatic heterocycles. The Bertz CT molecular complexity index is 492. The van der Waals surface area contributed by atoms with Crippen molar-refractivity contribution in [2.45, 2.75) is 0 Å². The van der Waals surface area contributed by atoms with Crippen molar-refractivity contribution in [1.82, 2.24) is 4.98 Å². The number of aromatic carboxylic acids is 1. The molecular formula is C9H7NO3S. The lowest BCUT2D eigenvalue weighted by Crippen LogP contribution is -1.93. The Morgan fingerprint density at radius 3 is 3.00 bits per heavy atom. The fourth-order valence-corrected chi connectivity index (χ4v) is 1.96. The van der Waals surface area contributed by atoms with Gasteiger partial charge in [-0.25, -0.2) is 9.78 Å². The molecule has 5 heteroatoms. The molecule has 0 spiro atoms. The van der Waals surface area contributed by atoms with Crippen LogP contribution in [0.25, 0.3) is 10.2 Å². The van der Waals surface area contributed by atoms with E-state index in [0.717, 1.165) is 16.0 Å². The van der Waals surface area contributed by atoms with Gasteiger partial charge in [-0.2, -0.15) is 0 Å². The molecule has 0 unspecified atom stereocenters. The van der Waals surface area contributed by atoms with E-state index in [1.807, 2.05) is 0 Å². The summed E-state index contributed by atoms with van der Waals surface area (Å²) in [4.78, 5) is 14.6.